The number of nitrogens with one attached hydrogen (secondary N) is 1. The van der Waals surface area contributed by atoms with E-state index in [1.165, 1.54) is 0 Å². The number of aryl methyl sites for hydroxylation is 1. The van der Waals surface area contributed by atoms with Gasteiger partial charge in [-0.25, -0.2) is 0 Å². The lowest BCUT2D eigenvalue weighted by Crippen LogP contribution is -2.24. The van der Waals surface area contributed by atoms with E-state index < -0.39 is 0 Å². The van der Waals surface area contributed by atoms with Crippen LogP contribution in [0, 0.1) is 18.8 Å². The molecule has 4 nitrogen and oxygen atoms in total. The molecule has 1 aromatic heterocycles. The number of aliphatic hydroxyl groups is 1. The van der Waals surface area contributed by atoms with Gasteiger partial charge in [-0.15, -0.1) is 0 Å². The van der Waals surface area contributed by atoms with Crippen molar-refractivity contribution >= 4 is 5.91 Å². The summed E-state index contributed by atoms with van der Waals surface area (Å²) in [6.07, 6.45) is 1.66. The Hall–Kier alpha value is -2.64. The van der Waals surface area contributed by atoms with E-state index >= 15 is 0 Å². The minimum absolute atomic E-state index is 0.162. The number of benzene rings is 1. The van der Waals surface area contributed by atoms with Gasteiger partial charge in [0.15, 0.2) is 0 Å². The van der Waals surface area contributed by atoms with Crippen LogP contribution < -0.4 is 5.32 Å². The molecule has 0 saturated heterocycles. The van der Waals surface area contributed by atoms with Gasteiger partial charge in [0, 0.05) is 24.0 Å². The van der Waals surface area contributed by atoms with E-state index in [2.05, 4.69) is 22.1 Å². The highest BCUT2D eigenvalue weighted by Crippen LogP contribution is 2.08. The molecule has 21 heavy (non-hydrogen) atoms. The van der Waals surface area contributed by atoms with E-state index in [0.29, 0.717) is 17.8 Å². The van der Waals surface area contributed by atoms with Gasteiger partial charge in [-0.1, -0.05) is 30.0 Å². The maximum atomic E-state index is 12.1. The molecule has 1 aromatic carbocycles. The largest absolute Gasteiger partial charge is 0.384 e. The Morgan fingerprint density at radius 2 is 2.10 bits per heavy atom. The Kier molecular flexibility index (Phi) is 5.08. The molecule has 2 aromatic rings. The predicted molar refractivity (Wildman–Crippen MR) is 80.6 cm³/mol. The number of hydrogen-bond donors (Lipinski definition) is 2. The molecule has 0 saturated carbocycles. The number of amides is 1. The topological polar surface area (TPSA) is 62.2 Å². The number of aromatic nitrogens is 1. The highest BCUT2D eigenvalue weighted by molar-refractivity contribution is 5.95. The van der Waals surface area contributed by atoms with Crippen molar-refractivity contribution < 1.29 is 9.90 Å². The fourth-order valence-electron chi connectivity index (χ4n) is 1.93. The molecule has 1 amide bonds. The second-order valence-electron chi connectivity index (χ2n) is 4.44. The van der Waals surface area contributed by atoms with E-state index in [1.807, 2.05) is 24.3 Å². The first-order chi connectivity index (χ1) is 10.2. The van der Waals surface area contributed by atoms with E-state index in [1.54, 1.807) is 25.3 Å². The summed E-state index contributed by atoms with van der Waals surface area (Å²) in [5.74, 6) is 5.33. The van der Waals surface area contributed by atoms with Crippen LogP contribution in [0.15, 0.2) is 42.6 Å². The SMILES string of the molecule is Cc1ncccc1C(=O)NCc1ccccc1C#CCO. The molecule has 0 unspecified atom stereocenters. The van der Waals surface area contributed by atoms with Crippen LogP contribution in [0.5, 0.6) is 0 Å². The highest BCUT2D eigenvalue weighted by atomic mass is 16.2. The molecule has 2 rings (SSSR count). The third-order valence-electron chi connectivity index (χ3n) is 3.01. The van der Waals surface area contributed by atoms with E-state index in [4.69, 9.17) is 5.11 Å². The number of rotatable bonds is 3. The van der Waals surface area contributed by atoms with Gasteiger partial charge >= 0.3 is 0 Å². The molecule has 0 fully saturated rings. The van der Waals surface area contributed by atoms with Crippen molar-refractivity contribution in [1.82, 2.24) is 10.3 Å². The van der Waals surface area contributed by atoms with Crippen molar-refractivity contribution in [2.75, 3.05) is 6.61 Å². The lowest BCUT2D eigenvalue weighted by Gasteiger charge is -2.08. The van der Waals surface area contributed by atoms with Crippen LogP contribution in [0.3, 0.4) is 0 Å². The predicted octanol–water partition coefficient (Wildman–Crippen LogP) is 1.66. The van der Waals surface area contributed by atoms with Crippen molar-refractivity contribution in [3.05, 3.63) is 65.0 Å². The monoisotopic (exact) mass is 280 g/mol. The van der Waals surface area contributed by atoms with Gasteiger partial charge in [0.2, 0.25) is 0 Å². The van der Waals surface area contributed by atoms with Crippen LogP contribution in [-0.2, 0) is 6.54 Å². The Morgan fingerprint density at radius 1 is 1.29 bits per heavy atom. The number of hydrogen-bond acceptors (Lipinski definition) is 3. The zero-order chi connectivity index (χ0) is 15.1. The maximum Gasteiger partial charge on any atom is 0.253 e. The first-order valence-corrected chi connectivity index (χ1v) is 6.60. The third-order valence-corrected chi connectivity index (χ3v) is 3.01. The van der Waals surface area contributed by atoms with E-state index in [-0.39, 0.29) is 12.5 Å². The molecule has 0 atom stereocenters. The van der Waals surface area contributed by atoms with Crippen molar-refractivity contribution in [1.29, 1.82) is 0 Å². The normalized spacial score (nSPS) is 9.62. The van der Waals surface area contributed by atoms with Gasteiger partial charge in [0.25, 0.3) is 5.91 Å². The van der Waals surface area contributed by atoms with E-state index in [9.17, 15) is 4.79 Å². The average molecular weight is 280 g/mol. The Morgan fingerprint density at radius 3 is 2.86 bits per heavy atom. The Bertz CT molecular complexity index is 699. The minimum Gasteiger partial charge on any atom is -0.384 e. The van der Waals surface area contributed by atoms with E-state index in [0.717, 1.165) is 11.1 Å². The van der Waals surface area contributed by atoms with Crippen LogP contribution in [-0.4, -0.2) is 22.6 Å². The molecular formula is C17H16N2O2. The van der Waals surface area contributed by atoms with Crippen LogP contribution in [0.2, 0.25) is 0 Å². The zero-order valence-corrected chi connectivity index (χ0v) is 11.8. The van der Waals surface area contributed by atoms with Crippen LogP contribution in [0.4, 0.5) is 0 Å². The number of carbonyl (C=O) groups is 1. The van der Waals surface area contributed by atoms with Gasteiger partial charge in [-0.3, -0.25) is 9.78 Å². The van der Waals surface area contributed by atoms with Gasteiger partial charge in [-0.2, -0.15) is 0 Å². The Labute approximate surface area is 123 Å². The number of pyridine rings is 1. The molecule has 2 N–H and O–H groups in total. The highest BCUT2D eigenvalue weighted by Gasteiger charge is 2.09. The van der Waals surface area contributed by atoms with Gasteiger partial charge in [-0.05, 0) is 30.7 Å². The number of aliphatic hydroxyl groups excluding tert-OH is 1. The smallest absolute Gasteiger partial charge is 0.253 e. The third kappa shape index (κ3) is 3.91. The van der Waals surface area contributed by atoms with Crippen molar-refractivity contribution in [2.45, 2.75) is 13.5 Å². The lowest BCUT2D eigenvalue weighted by molar-refractivity contribution is 0.0950. The summed E-state index contributed by atoms with van der Waals surface area (Å²) in [6, 6.07) is 11.0. The van der Waals surface area contributed by atoms with Gasteiger partial charge in [0.1, 0.15) is 6.61 Å². The first-order valence-electron chi connectivity index (χ1n) is 6.60. The molecule has 0 spiro atoms. The van der Waals surface area contributed by atoms with Crippen LogP contribution in [0.1, 0.15) is 27.2 Å². The molecule has 0 aliphatic rings. The number of carbonyl (C=O) groups excluding carboxylic acids is 1. The van der Waals surface area contributed by atoms with Crippen molar-refractivity contribution in [3.8, 4) is 11.8 Å². The fourth-order valence-corrected chi connectivity index (χ4v) is 1.93. The molecular weight excluding hydrogens is 264 g/mol. The maximum absolute atomic E-state index is 12.1. The van der Waals surface area contributed by atoms with Gasteiger partial charge in [0.05, 0.1) is 5.56 Å². The van der Waals surface area contributed by atoms with Crippen LogP contribution in [0.25, 0.3) is 0 Å². The quantitative estimate of drug-likeness (QED) is 0.841. The van der Waals surface area contributed by atoms with Crippen molar-refractivity contribution in [2.24, 2.45) is 0 Å². The molecule has 0 bridgehead atoms. The van der Waals surface area contributed by atoms with Gasteiger partial charge < -0.3 is 10.4 Å². The molecule has 0 aliphatic heterocycles. The first kappa shape index (κ1) is 14.8. The second kappa shape index (κ2) is 7.22. The fraction of sp³-hybridized carbons (Fsp3) is 0.176. The summed E-state index contributed by atoms with van der Waals surface area (Å²) in [5.41, 5.74) is 2.97. The summed E-state index contributed by atoms with van der Waals surface area (Å²) in [5, 5.41) is 11.6. The molecule has 106 valence electrons. The summed E-state index contributed by atoms with van der Waals surface area (Å²) in [4.78, 5) is 16.2. The molecule has 0 radical (unpaired) electrons. The molecule has 4 heteroatoms. The summed E-state index contributed by atoms with van der Waals surface area (Å²) < 4.78 is 0. The average Bonchev–Trinajstić information content (AvgIpc) is 2.52. The minimum atomic E-state index is -0.185. The second-order valence-corrected chi connectivity index (χ2v) is 4.44. The summed E-state index contributed by atoms with van der Waals surface area (Å²) in [7, 11) is 0. The van der Waals surface area contributed by atoms with Crippen molar-refractivity contribution in [3.63, 3.8) is 0 Å². The lowest BCUT2D eigenvalue weighted by atomic mass is 10.1. The Balaban J connectivity index is 2.10. The van der Waals surface area contributed by atoms with Crippen LogP contribution >= 0.6 is 0 Å². The molecule has 0 aliphatic carbocycles. The summed E-state index contributed by atoms with van der Waals surface area (Å²) in [6.45, 7) is 1.99. The molecule has 1 heterocycles. The zero-order valence-electron chi connectivity index (χ0n) is 11.8. The summed E-state index contributed by atoms with van der Waals surface area (Å²) >= 11 is 0. The standard InChI is InChI=1S/C17H16N2O2/c1-13-16(9-4-10-18-13)17(21)19-12-15-7-3-2-6-14(15)8-5-11-20/h2-4,6-7,9-10,20H,11-12H2,1H3,(H,19,21). The number of nitrogens with zero attached hydrogens (tertiary/aromatic N) is 1.